The number of Topliss-reactive ketones (excluding diaryl/α,β-unsaturated/α-hetero) is 2. The molecule has 0 bridgehead atoms. The van der Waals surface area contributed by atoms with E-state index >= 15 is 0 Å². The van der Waals surface area contributed by atoms with Crippen LogP contribution >= 0.6 is 0 Å². The Kier molecular flexibility index (Phi) is 17.0. The first-order chi connectivity index (χ1) is 4.86. The van der Waals surface area contributed by atoms with Gasteiger partial charge in [0.25, 0.3) is 0 Å². The molecule has 6 heteroatoms. The van der Waals surface area contributed by atoms with Gasteiger partial charge in [0.2, 0.25) is 0 Å². The van der Waals surface area contributed by atoms with Crippen LogP contribution in [0.5, 0.6) is 0 Å². The van der Waals surface area contributed by atoms with Crippen molar-refractivity contribution in [3.63, 3.8) is 0 Å². The van der Waals surface area contributed by atoms with Crippen LogP contribution in [0.25, 0.3) is 0 Å². The van der Waals surface area contributed by atoms with Gasteiger partial charge in [-0.25, -0.2) is 4.79 Å². The molecule has 5 nitrogen and oxygen atoms in total. The van der Waals surface area contributed by atoms with Crippen LogP contribution in [0.3, 0.4) is 0 Å². The molecule has 0 aliphatic carbocycles. The molecule has 0 atom stereocenters. The van der Waals surface area contributed by atoms with Gasteiger partial charge in [0, 0.05) is 0 Å². The van der Waals surface area contributed by atoms with Crippen LogP contribution in [0.1, 0.15) is 20.3 Å². The molecule has 0 aromatic rings. The van der Waals surface area contributed by atoms with Gasteiger partial charge in [-0.2, -0.15) is 0 Å². The minimum absolute atomic E-state index is 0. The molecule has 0 unspecified atom stereocenters. The third-order valence-corrected chi connectivity index (χ3v) is 0.498. The molecule has 0 aromatic heterocycles. The normalized spacial score (nSPS) is 6.83. The van der Waals surface area contributed by atoms with Gasteiger partial charge in [0.1, 0.15) is 11.6 Å². The van der Waals surface area contributed by atoms with E-state index in [1.807, 2.05) is 0 Å². The van der Waals surface area contributed by atoms with E-state index in [1.54, 1.807) is 0 Å². The fourth-order valence-electron chi connectivity index (χ4n) is 0.351. The van der Waals surface area contributed by atoms with E-state index in [4.69, 9.17) is 15.0 Å². The van der Waals surface area contributed by atoms with Crippen molar-refractivity contribution in [2.75, 3.05) is 0 Å². The second-order valence-electron chi connectivity index (χ2n) is 1.86. The van der Waals surface area contributed by atoms with Crippen molar-refractivity contribution in [2.45, 2.75) is 20.3 Å². The van der Waals surface area contributed by atoms with E-state index in [1.165, 1.54) is 13.8 Å². The molecular weight excluding hydrogens is 191 g/mol. The fourth-order valence-corrected chi connectivity index (χ4v) is 0.351. The summed E-state index contributed by atoms with van der Waals surface area (Å²) in [5.41, 5.74) is 0. The Hall–Kier alpha value is 0.246. The molecule has 0 aromatic carbocycles. The van der Waals surface area contributed by atoms with E-state index in [9.17, 15) is 9.59 Å². The number of ketones is 2. The quantitative estimate of drug-likeness (QED) is 0.490. The summed E-state index contributed by atoms with van der Waals surface area (Å²) in [7, 11) is 0. The summed E-state index contributed by atoms with van der Waals surface area (Å²) >= 11 is 0. The SMILES string of the molecule is CC(=O)CC(C)=O.O=C(O)O.[KH]. The molecule has 0 amide bonds. The number of carboxylic acid groups (broad SMARTS) is 2. The average molecular weight is 202 g/mol. The van der Waals surface area contributed by atoms with Crippen LogP contribution in [0.4, 0.5) is 4.79 Å². The van der Waals surface area contributed by atoms with Crippen LogP contribution in [-0.2, 0) is 9.59 Å². The van der Waals surface area contributed by atoms with Crippen molar-refractivity contribution in [1.29, 1.82) is 0 Å². The molecule has 0 saturated carbocycles. The van der Waals surface area contributed by atoms with Crippen molar-refractivity contribution in [3.05, 3.63) is 0 Å². The van der Waals surface area contributed by atoms with Crippen molar-refractivity contribution in [1.82, 2.24) is 0 Å². The Morgan fingerprint density at radius 1 is 1.00 bits per heavy atom. The zero-order valence-electron chi connectivity index (χ0n) is 6.33. The zero-order chi connectivity index (χ0) is 9.44. The maximum absolute atomic E-state index is 10.0. The van der Waals surface area contributed by atoms with Crippen molar-refractivity contribution in [3.8, 4) is 0 Å². The van der Waals surface area contributed by atoms with E-state index in [-0.39, 0.29) is 69.4 Å². The van der Waals surface area contributed by atoms with Gasteiger partial charge < -0.3 is 10.2 Å². The molecule has 0 rings (SSSR count). The molecule has 2 N–H and O–H groups in total. The summed E-state index contributed by atoms with van der Waals surface area (Å²) in [6.07, 6.45) is -1.75. The first kappa shape index (κ1) is 18.1. The summed E-state index contributed by atoms with van der Waals surface area (Å²) in [6, 6.07) is 0. The van der Waals surface area contributed by atoms with Crippen LogP contribution < -0.4 is 0 Å². The maximum atomic E-state index is 10.0. The number of hydrogen-bond donors (Lipinski definition) is 2. The molecule has 0 aliphatic heterocycles. The van der Waals surface area contributed by atoms with Crippen LogP contribution in [0.2, 0.25) is 0 Å². The second kappa shape index (κ2) is 11.2. The third kappa shape index (κ3) is 48.6. The van der Waals surface area contributed by atoms with Crippen LogP contribution in [-0.4, -0.2) is 79.3 Å². The van der Waals surface area contributed by atoms with E-state index < -0.39 is 6.16 Å². The summed E-state index contributed by atoms with van der Waals surface area (Å²) in [6.45, 7) is 2.81. The van der Waals surface area contributed by atoms with Gasteiger partial charge in [-0.05, 0) is 13.8 Å². The topological polar surface area (TPSA) is 91.7 Å². The average Bonchev–Trinajstić information content (AvgIpc) is 1.56. The number of hydrogen-bond acceptors (Lipinski definition) is 3. The summed E-state index contributed by atoms with van der Waals surface area (Å²) in [5.74, 6) is -0.125. The second-order valence-corrected chi connectivity index (χ2v) is 1.86. The summed E-state index contributed by atoms with van der Waals surface area (Å²) in [4.78, 5) is 28.6. The van der Waals surface area contributed by atoms with E-state index in [0.29, 0.717) is 0 Å². The van der Waals surface area contributed by atoms with Crippen LogP contribution in [0.15, 0.2) is 0 Å². The number of rotatable bonds is 2. The van der Waals surface area contributed by atoms with Gasteiger partial charge in [-0.15, -0.1) is 0 Å². The molecule has 0 fully saturated rings. The van der Waals surface area contributed by atoms with Crippen molar-refractivity contribution < 1.29 is 24.6 Å². The van der Waals surface area contributed by atoms with E-state index in [2.05, 4.69) is 0 Å². The van der Waals surface area contributed by atoms with Gasteiger partial charge in [0.15, 0.2) is 0 Å². The van der Waals surface area contributed by atoms with Crippen molar-refractivity contribution in [2.24, 2.45) is 0 Å². The van der Waals surface area contributed by atoms with Gasteiger partial charge >= 0.3 is 57.5 Å². The Labute approximate surface area is 113 Å². The molecule has 66 valence electrons. The molecule has 0 aliphatic rings. The first-order valence-electron chi connectivity index (χ1n) is 2.77. The van der Waals surface area contributed by atoms with Crippen molar-refractivity contribution >= 4 is 69.1 Å². The first-order valence-corrected chi connectivity index (χ1v) is 2.77. The molecule has 0 spiro atoms. The minimum atomic E-state index is -1.83. The standard InChI is InChI=1S/C5H8O2.CH2O3.K.H/c1-4(6)3-5(2)7;2-1(3)4;;/h3H2,1-2H3;(H2,2,3,4);;. The Bertz CT molecular complexity index is 149. The monoisotopic (exact) mass is 202 g/mol. The van der Waals surface area contributed by atoms with Gasteiger partial charge in [-0.3, -0.25) is 9.59 Å². The van der Waals surface area contributed by atoms with Gasteiger partial charge in [0.05, 0.1) is 6.42 Å². The third-order valence-electron chi connectivity index (χ3n) is 0.498. The summed E-state index contributed by atoms with van der Waals surface area (Å²) < 4.78 is 0. The Morgan fingerprint density at radius 2 is 1.17 bits per heavy atom. The Morgan fingerprint density at radius 3 is 1.17 bits per heavy atom. The van der Waals surface area contributed by atoms with Crippen LogP contribution in [0, 0.1) is 0 Å². The molecular formula is C6H11KO5. The molecule has 0 radical (unpaired) electrons. The van der Waals surface area contributed by atoms with Gasteiger partial charge in [-0.1, -0.05) is 0 Å². The molecule has 0 heterocycles. The van der Waals surface area contributed by atoms with E-state index in [0.717, 1.165) is 0 Å². The predicted molar refractivity (Wildman–Crippen MR) is 43.8 cm³/mol. The molecule has 0 saturated heterocycles. The fraction of sp³-hybridized carbons (Fsp3) is 0.500. The predicted octanol–water partition coefficient (Wildman–Crippen LogP) is 0.128. The summed E-state index contributed by atoms with van der Waals surface area (Å²) in [5, 5.41) is 13.9. The zero-order valence-corrected chi connectivity index (χ0v) is 6.33. The molecule has 12 heavy (non-hydrogen) atoms. The number of carbonyl (C=O) groups excluding carboxylic acids is 2. The number of carbonyl (C=O) groups is 3. The Balaban J connectivity index is -0.000000142.